The third-order valence-electron chi connectivity index (χ3n) is 9.66. The molecule has 1 atom stereocenters. The van der Waals surface area contributed by atoms with E-state index in [9.17, 15) is 4.79 Å². The maximum Gasteiger partial charge on any atom is 0.410 e. The fraction of sp³-hybridized carbons (Fsp3) is 0.400. The number of anilines is 1. The normalized spacial score (nSPS) is 22.4. The summed E-state index contributed by atoms with van der Waals surface area (Å²) in [7, 11) is 0. The minimum atomic E-state index is -0.468. The van der Waals surface area contributed by atoms with E-state index in [2.05, 4.69) is 38.2 Å². The molecule has 3 aliphatic rings. The zero-order valence-corrected chi connectivity index (χ0v) is 26.5. The Balaban J connectivity index is 1.04. The maximum absolute atomic E-state index is 12.6. The first kappa shape index (κ1) is 28.7. The van der Waals surface area contributed by atoms with Crippen LogP contribution in [-0.4, -0.2) is 65.0 Å². The van der Waals surface area contributed by atoms with E-state index in [1.165, 1.54) is 11.1 Å². The van der Waals surface area contributed by atoms with Crippen LogP contribution in [0.25, 0.3) is 34.1 Å². The predicted molar refractivity (Wildman–Crippen MR) is 176 cm³/mol. The molecule has 5 aromatic rings. The third kappa shape index (κ3) is 5.08. The van der Waals surface area contributed by atoms with Crippen LogP contribution in [0.4, 0.5) is 10.6 Å². The molecule has 8 rings (SSSR count). The van der Waals surface area contributed by atoms with Gasteiger partial charge in [-0.2, -0.15) is 5.10 Å². The summed E-state index contributed by atoms with van der Waals surface area (Å²) < 4.78 is 9.46. The molecule has 1 saturated carbocycles. The first-order valence-corrected chi connectivity index (χ1v) is 16.1. The van der Waals surface area contributed by atoms with Crippen molar-refractivity contribution in [2.24, 2.45) is 5.41 Å². The molecular weight excluding hydrogens is 578 g/mol. The first-order chi connectivity index (χ1) is 22.1. The lowest BCUT2D eigenvalue weighted by Crippen LogP contribution is -2.51. The summed E-state index contributed by atoms with van der Waals surface area (Å²) in [6.07, 6.45) is 10.4. The molecule has 11 heteroatoms. The van der Waals surface area contributed by atoms with Gasteiger partial charge in [0.15, 0.2) is 17.3 Å². The zero-order chi connectivity index (χ0) is 31.6. The quantitative estimate of drug-likeness (QED) is 0.260. The maximum atomic E-state index is 12.6. The summed E-state index contributed by atoms with van der Waals surface area (Å²) in [6.45, 7) is 7.34. The van der Waals surface area contributed by atoms with Crippen molar-refractivity contribution in [3.63, 3.8) is 0 Å². The number of pyridine rings is 2. The van der Waals surface area contributed by atoms with Crippen molar-refractivity contribution in [1.82, 2.24) is 39.5 Å². The van der Waals surface area contributed by atoms with Crippen molar-refractivity contribution in [3.8, 4) is 22.9 Å². The highest BCUT2D eigenvalue weighted by Gasteiger charge is 2.50. The Morgan fingerprint density at radius 3 is 2.74 bits per heavy atom. The number of hydrogen-bond donors (Lipinski definition) is 2. The van der Waals surface area contributed by atoms with E-state index < -0.39 is 5.60 Å². The van der Waals surface area contributed by atoms with Crippen LogP contribution in [-0.2, 0) is 11.2 Å². The smallest absolute Gasteiger partial charge is 0.410 e. The molecule has 1 amide bonds. The molecule has 5 heterocycles. The molecule has 0 bridgehead atoms. The second-order valence-electron chi connectivity index (χ2n) is 14.1. The second kappa shape index (κ2) is 10.7. The molecule has 11 nitrogen and oxygen atoms in total. The molecule has 46 heavy (non-hydrogen) atoms. The topological polar surface area (TPSA) is 129 Å². The predicted octanol–water partition coefficient (Wildman–Crippen LogP) is 5.62. The number of aromatic nitrogens is 6. The monoisotopic (exact) mass is 617 g/mol. The van der Waals surface area contributed by atoms with E-state index in [1.807, 2.05) is 62.2 Å². The number of amides is 1. The molecule has 3 N–H and O–H groups in total. The second-order valence-corrected chi connectivity index (χ2v) is 14.1. The highest BCUT2D eigenvalue weighted by molar-refractivity contribution is 5.83. The molecule has 0 unspecified atom stereocenters. The van der Waals surface area contributed by atoms with E-state index in [4.69, 9.17) is 20.4 Å². The van der Waals surface area contributed by atoms with Gasteiger partial charge in [0, 0.05) is 49.5 Å². The minimum absolute atomic E-state index is 0.186. The Morgan fingerprint density at radius 2 is 1.96 bits per heavy atom. The van der Waals surface area contributed by atoms with Gasteiger partial charge in [-0.3, -0.25) is 4.57 Å². The summed E-state index contributed by atoms with van der Waals surface area (Å²) in [5.74, 6) is 1.84. The van der Waals surface area contributed by atoms with Gasteiger partial charge in [-0.1, -0.05) is 6.07 Å². The van der Waals surface area contributed by atoms with Gasteiger partial charge in [-0.05, 0) is 112 Å². The van der Waals surface area contributed by atoms with E-state index in [0.29, 0.717) is 29.5 Å². The number of rotatable bonds is 5. The highest BCUT2D eigenvalue weighted by Crippen LogP contribution is 2.49. The summed E-state index contributed by atoms with van der Waals surface area (Å²) in [5, 5.41) is 8.33. The van der Waals surface area contributed by atoms with E-state index >= 15 is 0 Å². The van der Waals surface area contributed by atoms with Crippen molar-refractivity contribution in [3.05, 3.63) is 78.2 Å². The number of aryl methyl sites for hydroxylation is 1. The molecule has 1 spiro atoms. The summed E-state index contributed by atoms with van der Waals surface area (Å²) >= 11 is 0. The summed E-state index contributed by atoms with van der Waals surface area (Å²) in [4.78, 5) is 28.8. The molecule has 1 aromatic carbocycles. The van der Waals surface area contributed by atoms with Gasteiger partial charge in [0.2, 0.25) is 0 Å². The Bertz CT molecular complexity index is 1940. The Morgan fingerprint density at radius 1 is 1.09 bits per heavy atom. The number of hydrogen-bond acceptors (Lipinski definition) is 8. The van der Waals surface area contributed by atoms with E-state index in [1.54, 1.807) is 17.1 Å². The number of nitrogens with one attached hydrogen (secondary N) is 1. The number of imidazole rings is 1. The van der Waals surface area contributed by atoms with Gasteiger partial charge in [0.05, 0.1) is 5.56 Å². The number of benzene rings is 1. The Labute approximate surface area is 267 Å². The average molecular weight is 618 g/mol. The van der Waals surface area contributed by atoms with Crippen LogP contribution in [0.3, 0.4) is 0 Å². The van der Waals surface area contributed by atoms with Crippen LogP contribution >= 0.6 is 0 Å². The molecule has 4 aromatic heterocycles. The molecule has 1 aliphatic heterocycles. The van der Waals surface area contributed by atoms with E-state index in [-0.39, 0.29) is 11.5 Å². The highest BCUT2D eigenvalue weighted by atomic mass is 16.6. The van der Waals surface area contributed by atoms with Crippen molar-refractivity contribution in [2.75, 3.05) is 18.8 Å². The largest absolute Gasteiger partial charge is 0.444 e. The fourth-order valence-electron chi connectivity index (χ4n) is 7.57. The molecule has 2 aliphatic carbocycles. The van der Waals surface area contributed by atoms with Gasteiger partial charge in [0.25, 0.3) is 0 Å². The molecule has 236 valence electrons. The summed E-state index contributed by atoms with van der Waals surface area (Å²) in [6, 6.07) is 17.1. The number of nitrogens with two attached hydrogens (primary N) is 1. The van der Waals surface area contributed by atoms with Gasteiger partial charge in [-0.15, -0.1) is 0 Å². The van der Waals surface area contributed by atoms with Crippen LogP contribution in [0.2, 0.25) is 0 Å². The SMILES string of the molecule is CC(C)(C)OC(=O)N1CCC2(CC(N[C@H]3CCc4cc(-n5c(-c6cccnc6N)nc6ccc(-n7cccn7)nc65)ccc43)C2)C1. The molecule has 1 saturated heterocycles. The van der Waals surface area contributed by atoms with Crippen LogP contribution in [0, 0.1) is 5.41 Å². The number of likely N-dealkylation sites (tertiary alicyclic amines) is 1. The number of carbonyl (C=O) groups excluding carboxylic acids is 1. The van der Waals surface area contributed by atoms with Gasteiger partial charge in [-0.25, -0.2) is 24.4 Å². The fourth-order valence-corrected chi connectivity index (χ4v) is 7.57. The standard InChI is InChI=1S/C35H39N9O2/c1-34(2,3)46-33(45)42-17-13-35(21-42)19-23(20-35)39-27-10-7-22-18-24(8-9-25(22)27)44-31(26-6-4-14-37-30(26)36)40-28-11-12-29(41-32(28)44)43-16-5-15-38-43/h4-6,8-9,11-12,14-16,18,23,27,39H,7,10,13,17,19-21H2,1-3H3,(H2,36,37)/t23?,27-,35?/m0/s1. The first-order valence-electron chi connectivity index (χ1n) is 16.1. The number of fused-ring (bicyclic) bond motifs is 2. The minimum Gasteiger partial charge on any atom is -0.444 e. The lowest BCUT2D eigenvalue weighted by Gasteiger charge is -2.46. The van der Waals surface area contributed by atoms with Crippen molar-refractivity contribution < 1.29 is 9.53 Å². The third-order valence-corrected chi connectivity index (χ3v) is 9.66. The van der Waals surface area contributed by atoms with Crippen molar-refractivity contribution in [2.45, 2.75) is 70.6 Å². The Hall–Kier alpha value is -4.77. The Kier molecular flexibility index (Phi) is 6.64. The van der Waals surface area contributed by atoms with Gasteiger partial charge in [0.1, 0.15) is 16.9 Å². The zero-order valence-electron chi connectivity index (χ0n) is 26.5. The lowest BCUT2D eigenvalue weighted by molar-refractivity contribution is 0.0212. The molecule has 0 radical (unpaired) electrons. The van der Waals surface area contributed by atoms with Crippen LogP contribution in [0.1, 0.15) is 63.6 Å². The van der Waals surface area contributed by atoms with Crippen molar-refractivity contribution >= 4 is 23.1 Å². The molecule has 2 fully saturated rings. The number of carbonyl (C=O) groups is 1. The van der Waals surface area contributed by atoms with Crippen LogP contribution in [0.15, 0.2) is 67.1 Å². The average Bonchev–Trinajstić information content (AvgIpc) is 3.81. The van der Waals surface area contributed by atoms with Crippen LogP contribution in [0.5, 0.6) is 0 Å². The lowest BCUT2D eigenvalue weighted by atomic mass is 9.64. The number of ether oxygens (including phenoxy) is 1. The van der Waals surface area contributed by atoms with Gasteiger partial charge < -0.3 is 20.7 Å². The molecular formula is C35H39N9O2. The summed E-state index contributed by atoms with van der Waals surface area (Å²) in [5.41, 5.74) is 12.0. The van der Waals surface area contributed by atoms with Gasteiger partial charge >= 0.3 is 6.09 Å². The number of nitrogen functional groups attached to an aromatic ring is 1. The van der Waals surface area contributed by atoms with Crippen LogP contribution < -0.4 is 11.1 Å². The van der Waals surface area contributed by atoms with Crippen molar-refractivity contribution in [1.29, 1.82) is 0 Å². The van der Waals surface area contributed by atoms with E-state index in [0.717, 1.165) is 67.6 Å². The number of nitrogens with zero attached hydrogens (tertiary/aromatic N) is 7.